The summed E-state index contributed by atoms with van der Waals surface area (Å²) in [5.41, 5.74) is 2.79. The van der Waals surface area contributed by atoms with Crippen molar-refractivity contribution in [2.45, 2.75) is 25.8 Å². The molecule has 3 amide bonds. The van der Waals surface area contributed by atoms with Crippen molar-refractivity contribution < 1.29 is 9.59 Å². The predicted molar refractivity (Wildman–Crippen MR) is 103 cm³/mol. The zero-order chi connectivity index (χ0) is 18.4. The Morgan fingerprint density at radius 3 is 2.62 bits per heavy atom. The number of carbonyl (C=O) groups excluding carboxylic acids is 2. The first-order valence-electron chi connectivity index (χ1n) is 8.77. The van der Waals surface area contributed by atoms with Gasteiger partial charge in [0.05, 0.1) is 0 Å². The maximum atomic E-state index is 12.2. The van der Waals surface area contributed by atoms with E-state index in [0.717, 1.165) is 36.2 Å². The van der Waals surface area contributed by atoms with E-state index in [2.05, 4.69) is 10.6 Å². The highest BCUT2D eigenvalue weighted by Crippen LogP contribution is 2.20. The fourth-order valence-corrected chi connectivity index (χ4v) is 3.12. The first-order chi connectivity index (χ1) is 12.6. The number of urea groups is 1. The van der Waals surface area contributed by atoms with Crippen LogP contribution in [0.25, 0.3) is 0 Å². The summed E-state index contributed by atoms with van der Waals surface area (Å²) >= 11 is 5.87. The van der Waals surface area contributed by atoms with Crippen molar-refractivity contribution in [3.63, 3.8) is 0 Å². The van der Waals surface area contributed by atoms with Gasteiger partial charge in [-0.1, -0.05) is 41.9 Å². The van der Waals surface area contributed by atoms with Gasteiger partial charge in [0, 0.05) is 36.8 Å². The lowest BCUT2D eigenvalue weighted by Crippen LogP contribution is -2.31. The normalized spacial score (nSPS) is 13.7. The quantitative estimate of drug-likeness (QED) is 0.810. The fraction of sp³-hybridized carbons (Fsp3) is 0.300. The Balaban J connectivity index is 1.52. The standard InChI is InChI=1S/C20H22ClN3O2/c21-17-9-7-15(8-10-17)11-12-22-20(26)23-18-5-2-1-4-16(18)14-24-13-3-6-19(24)25/h1-2,4-5,7-10H,3,6,11-14H2,(H2,22,23,26). The molecule has 6 heteroatoms. The Morgan fingerprint density at radius 2 is 1.88 bits per heavy atom. The van der Waals surface area contributed by atoms with Crippen LogP contribution in [0.15, 0.2) is 48.5 Å². The molecular weight excluding hydrogens is 350 g/mol. The number of nitrogens with zero attached hydrogens (tertiary/aromatic N) is 1. The maximum absolute atomic E-state index is 12.2. The monoisotopic (exact) mass is 371 g/mol. The second-order valence-corrected chi connectivity index (χ2v) is 6.77. The van der Waals surface area contributed by atoms with Gasteiger partial charge in [0.1, 0.15) is 0 Å². The van der Waals surface area contributed by atoms with Gasteiger partial charge in [-0.2, -0.15) is 0 Å². The summed E-state index contributed by atoms with van der Waals surface area (Å²) < 4.78 is 0. The third kappa shape index (κ3) is 4.99. The average Bonchev–Trinajstić information content (AvgIpc) is 3.03. The van der Waals surface area contributed by atoms with Gasteiger partial charge < -0.3 is 15.5 Å². The molecule has 0 aromatic heterocycles. The fourth-order valence-electron chi connectivity index (χ4n) is 2.99. The van der Waals surface area contributed by atoms with Crippen molar-refractivity contribution in [3.8, 4) is 0 Å². The zero-order valence-electron chi connectivity index (χ0n) is 14.5. The van der Waals surface area contributed by atoms with Crippen LogP contribution in [0, 0.1) is 0 Å². The van der Waals surface area contributed by atoms with Crippen LogP contribution in [0.2, 0.25) is 5.02 Å². The second kappa shape index (κ2) is 8.72. The molecule has 3 rings (SSSR count). The number of carbonyl (C=O) groups is 2. The summed E-state index contributed by atoms with van der Waals surface area (Å²) in [7, 11) is 0. The van der Waals surface area contributed by atoms with Crippen LogP contribution in [-0.4, -0.2) is 29.9 Å². The molecule has 0 atom stereocenters. The van der Waals surface area contributed by atoms with E-state index in [0.29, 0.717) is 24.5 Å². The molecule has 26 heavy (non-hydrogen) atoms. The second-order valence-electron chi connectivity index (χ2n) is 6.33. The van der Waals surface area contributed by atoms with Crippen molar-refractivity contribution in [3.05, 3.63) is 64.7 Å². The number of likely N-dealkylation sites (tertiary alicyclic amines) is 1. The molecule has 1 saturated heterocycles. The number of hydrogen-bond acceptors (Lipinski definition) is 2. The topological polar surface area (TPSA) is 61.4 Å². The lowest BCUT2D eigenvalue weighted by atomic mass is 10.1. The number of halogens is 1. The van der Waals surface area contributed by atoms with Gasteiger partial charge >= 0.3 is 6.03 Å². The van der Waals surface area contributed by atoms with Gasteiger partial charge in [-0.15, -0.1) is 0 Å². The van der Waals surface area contributed by atoms with E-state index in [-0.39, 0.29) is 11.9 Å². The zero-order valence-corrected chi connectivity index (χ0v) is 15.3. The van der Waals surface area contributed by atoms with Crippen LogP contribution < -0.4 is 10.6 Å². The number of para-hydroxylation sites is 1. The lowest BCUT2D eigenvalue weighted by Gasteiger charge is -2.18. The maximum Gasteiger partial charge on any atom is 0.319 e. The molecule has 1 aliphatic rings. The van der Waals surface area contributed by atoms with Gasteiger partial charge in [-0.25, -0.2) is 4.79 Å². The Labute approximate surface area is 158 Å². The van der Waals surface area contributed by atoms with Crippen LogP contribution in [0.4, 0.5) is 10.5 Å². The highest BCUT2D eigenvalue weighted by Gasteiger charge is 2.21. The summed E-state index contributed by atoms with van der Waals surface area (Å²) in [6.45, 7) is 1.83. The van der Waals surface area contributed by atoms with Crippen molar-refractivity contribution in [1.29, 1.82) is 0 Å². The third-order valence-electron chi connectivity index (χ3n) is 4.41. The Kier molecular flexibility index (Phi) is 6.12. The number of nitrogens with one attached hydrogen (secondary N) is 2. The van der Waals surface area contributed by atoms with Crippen LogP contribution in [-0.2, 0) is 17.8 Å². The SMILES string of the molecule is O=C(NCCc1ccc(Cl)cc1)Nc1ccccc1CN1CCCC1=O. The molecule has 0 radical (unpaired) electrons. The van der Waals surface area contributed by atoms with Crippen LogP contribution >= 0.6 is 11.6 Å². The van der Waals surface area contributed by atoms with E-state index in [1.807, 2.05) is 53.4 Å². The van der Waals surface area contributed by atoms with E-state index in [9.17, 15) is 9.59 Å². The molecule has 1 aliphatic heterocycles. The summed E-state index contributed by atoms with van der Waals surface area (Å²) in [4.78, 5) is 25.8. The number of anilines is 1. The molecule has 1 heterocycles. The number of amides is 3. The van der Waals surface area contributed by atoms with Gasteiger partial charge in [0.25, 0.3) is 0 Å². The molecule has 0 bridgehead atoms. The molecule has 0 unspecified atom stereocenters. The average molecular weight is 372 g/mol. The molecule has 0 saturated carbocycles. The van der Waals surface area contributed by atoms with Crippen molar-refractivity contribution in [1.82, 2.24) is 10.2 Å². The minimum atomic E-state index is -0.251. The van der Waals surface area contributed by atoms with Crippen LogP contribution in [0.1, 0.15) is 24.0 Å². The Bertz CT molecular complexity index is 777. The predicted octanol–water partition coefficient (Wildman–Crippen LogP) is 3.83. The van der Waals surface area contributed by atoms with Crippen molar-refractivity contribution in [2.24, 2.45) is 0 Å². The largest absolute Gasteiger partial charge is 0.338 e. The van der Waals surface area contributed by atoms with Crippen molar-refractivity contribution >= 4 is 29.2 Å². The van der Waals surface area contributed by atoms with E-state index in [4.69, 9.17) is 11.6 Å². The Morgan fingerprint density at radius 1 is 1.12 bits per heavy atom. The van der Waals surface area contributed by atoms with Crippen LogP contribution in [0.5, 0.6) is 0 Å². The minimum Gasteiger partial charge on any atom is -0.338 e. The van der Waals surface area contributed by atoms with Crippen molar-refractivity contribution in [2.75, 3.05) is 18.4 Å². The minimum absolute atomic E-state index is 0.173. The smallest absolute Gasteiger partial charge is 0.319 e. The van der Waals surface area contributed by atoms with E-state index >= 15 is 0 Å². The Hall–Kier alpha value is -2.53. The molecule has 136 valence electrons. The summed E-state index contributed by atoms with van der Waals surface area (Å²) in [5.74, 6) is 0.173. The lowest BCUT2D eigenvalue weighted by molar-refractivity contribution is -0.128. The molecule has 0 aliphatic carbocycles. The van der Waals surface area contributed by atoms with Gasteiger partial charge in [-0.05, 0) is 42.2 Å². The molecule has 1 fully saturated rings. The highest BCUT2D eigenvalue weighted by atomic mass is 35.5. The van der Waals surface area contributed by atoms with Gasteiger partial charge in [0.2, 0.25) is 5.91 Å². The summed E-state index contributed by atoms with van der Waals surface area (Å²) in [6.07, 6.45) is 2.24. The van der Waals surface area contributed by atoms with Gasteiger partial charge in [0.15, 0.2) is 0 Å². The third-order valence-corrected chi connectivity index (χ3v) is 4.66. The molecule has 0 spiro atoms. The van der Waals surface area contributed by atoms with E-state index < -0.39 is 0 Å². The molecule has 2 N–H and O–H groups in total. The van der Waals surface area contributed by atoms with E-state index in [1.165, 1.54) is 0 Å². The highest BCUT2D eigenvalue weighted by molar-refractivity contribution is 6.30. The number of benzene rings is 2. The molecule has 2 aromatic rings. The first-order valence-corrected chi connectivity index (χ1v) is 9.14. The molecule has 2 aromatic carbocycles. The first kappa shape index (κ1) is 18.3. The molecular formula is C20H22ClN3O2. The molecule has 5 nitrogen and oxygen atoms in total. The summed E-state index contributed by atoms with van der Waals surface area (Å²) in [6, 6.07) is 14.9. The van der Waals surface area contributed by atoms with Gasteiger partial charge in [-0.3, -0.25) is 4.79 Å². The number of rotatable bonds is 6. The van der Waals surface area contributed by atoms with E-state index in [1.54, 1.807) is 0 Å². The summed E-state index contributed by atoms with van der Waals surface area (Å²) in [5, 5.41) is 6.45. The van der Waals surface area contributed by atoms with Crippen LogP contribution in [0.3, 0.4) is 0 Å². The number of hydrogen-bond donors (Lipinski definition) is 2.